The topological polar surface area (TPSA) is 38.3 Å². The number of carbonyl (C=O) groups excluding carboxylic acids is 1. The highest BCUT2D eigenvalue weighted by molar-refractivity contribution is 9.10. The van der Waals surface area contributed by atoms with Crippen LogP contribution in [0, 0.1) is 0 Å². The van der Waals surface area contributed by atoms with Gasteiger partial charge in [-0.1, -0.05) is 18.2 Å². The van der Waals surface area contributed by atoms with Crippen LogP contribution in [0.15, 0.2) is 40.2 Å². The molecule has 0 saturated carbocycles. The van der Waals surface area contributed by atoms with E-state index in [1.807, 2.05) is 35.7 Å². The lowest BCUT2D eigenvalue weighted by Gasteiger charge is -2.08. The van der Waals surface area contributed by atoms with Gasteiger partial charge in [-0.3, -0.25) is 4.79 Å². The Balaban J connectivity index is 2.01. The number of nitrogens with one attached hydrogen (secondary N) is 1. The Labute approximate surface area is 118 Å². The molecule has 5 heteroatoms. The van der Waals surface area contributed by atoms with Gasteiger partial charge in [0.05, 0.1) is 12.0 Å². The smallest absolute Gasteiger partial charge is 0.261 e. The van der Waals surface area contributed by atoms with Crippen LogP contribution >= 0.6 is 27.3 Å². The highest BCUT2D eigenvalue weighted by Crippen LogP contribution is 2.20. The van der Waals surface area contributed by atoms with Crippen molar-refractivity contribution in [1.29, 1.82) is 0 Å². The first-order chi connectivity index (χ1) is 8.70. The maximum absolute atomic E-state index is 11.9. The van der Waals surface area contributed by atoms with Gasteiger partial charge in [0.1, 0.15) is 5.75 Å². The van der Waals surface area contributed by atoms with E-state index in [0.29, 0.717) is 11.4 Å². The van der Waals surface area contributed by atoms with Gasteiger partial charge in [-0.05, 0) is 28.1 Å². The van der Waals surface area contributed by atoms with Crippen LogP contribution < -0.4 is 10.1 Å². The van der Waals surface area contributed by atoms with Crippen molar-refractivity contribution in [3.05, 3.63) is 50.6 Å². The molecular weight excluding hydrogens is 314 g/mol. The first-order valence-electron chi connectivity index (χ1n) is 5.35. The minimum absolute atomic E-state index is 0.0726. The third-order valence-corrected chi connectivity index (χ3v) is 4.11. The van der Waals surface area contributed by atoms with Crippen LogP contribution in [0.3, 0.4) is 0 Å². The molecule has 0 fully saturated rings. The molecule has 0 aliphatic carbocycles. The van der Waals surface area contributed by atoms with Crippen molar-refractivity contribution >= 4 is 33.2 Å². The Morgan fingerprint density at radius 3 is 2.89 bits per heavy atom. The van der Waals surface area contributed by atoms with Crippen molar-refractivity contribution in [2.45, 2.75) is 6.54 Å². The minimum Gasteiger partial charge on any atom is -0.496 e. The zero-order valence-corrected chi connectivity index (χ0v) is 12.2. The van der Waals surface area contributed by atoms with Gasteiger partial charge < -0.3 is 10.1 Å². The normalized spacial score (nSPS) is 10.1. The fourth-order valence-electron chi connectivity index (χ4n) is 1.54. The molecule has 0 saturated heterocycles. The number of hydrogen-bond donors (Lipinski definition) is 1. The van der Waals surface area contributed by atoms with E-state index in [-0.39, 0.29) is 5.91 Å². The van der Waals surface area contributed by atoms with E-state index in [9.17, 15) is 4.79 Å². The molecule has 1 aromatic carbocycles. The summed E-state index contributed by atoms with van der Waals surface area (Å²) < 4.78 is 6.16. The first-order valence-corrected chi connectivity index (χ1v) is 7.02. The van der Waals surface area contributed by atoms with E-state index in [1.165, 1.54) is 11.3 Å². The molecule has 1 N–H and O–H groups in total. The maximum atomic E-state index is 11.9. The minimum atomic E-state index is -0.0726. The summed E-state index contributed by atoms with van der Waals surface area (Å²) in [5, 5.41) is 4.76. The van der Waals surface area contributed by atoms with Gasteiger partial charge in [0.25, 0.3) is 5.91 Å². The summed E-state index contributed by atoms with van der Waals surface area (Å²) in [6.45, 7) is 0.457. The van der Waals surface area contributed by atoms with E-state index in [0.717, 1.165) is 15.8 Å². The van der Waals surface area contributed by atoms with Crippen LogP contribution in [0.2, 0.25) is 0 Å². The zero-order valence-electron chi connectivity index (χ0n) is 9.77. The van der Waals surface area contributed by atoms with Gasteiger partial charge in [-0.25, -0.2) is 0 Å². The summed E-state index contributed by atoms with van der Waals surface area (Å²) in [6.07, 6.45) is 0. The van der Waals surface area contributed by atoms with Crippen molar-refractivity contribution in [3.8, 4) is 5.75 Å². The average molecular weight is 326 g/mol. The van der Waals surface area contributed by atoms with E-state index >= 15 is 0 Å². The molecule has 0 aliphatic rings. The zero-order chi connectivity index (χ0) is 13.0. The monoisotopic (exact) mass is 325 g/mol. The van der Waals surface area contributed by atoms with Crippen molar-refractivity contribution in [2.75, 3.05) is 7.11 Å². The Morgan fingerprint density at radius 1 is 1.44 bits per heavy atom. The molecule has 18 heavy (non-hydrogen) atoms. The standard InChI is InChI=1S/C13H12BrNO2S/c1-17-11-5-3-2-4-9(11)7-15-13(16)12-6-10(14)8-18-12/h2-6,8H,7H2,1H3,(H,15,16). The van der Waals surface area contributed by atoms with Crippen LogP contribution in [0.5, 0.6) is 5.75 Å². The summed E-state index contributed by atoms with van der Waals surface area (Å²) in [7, 11) is 1.62. The number of rotatable bonds is 4. The Bertz CT molecular complexity index is 553. The highest BCUT2D eigenvalue weighted by atomic mass is 79.9. The molecular formula is C13H12BrNO2S. The molecule has 1 amide bonds. The second-order valence-electron chi connectivity index (χ2n) is 3.62. The Morgan fingerprint density at radius 2 is 2.22 bits per heavy atom. The number of amides is 1. The number of methoxy groups -OCH3 is 1. The van der Waals surface area contributed by atoms with Crippen molar-refractivity contribution in [2.24, 2.45) is 0 Å². The van der Waals surface area contributed by atoms with Gasteiger partial charge in [0.15, 0.2) is 0 Å². The van der Waals surface area contributed by atoms with Gasteiger partial charge in [0.2, 0.25) is 0 Å². The molecule has 3 nitrogen and oxygen atoms in total. The van der Waals surface area contributed by atoms with Gasteiger partial charge in [0, 0.05) is 22.0 Å². The Hall–Kier alpha value is -1.33. The molecule has 94 valence electrons. The molecule has 0 unspecified atom stereocenters. The number of benzene rings is 1. The molecule has 0 spiro atoms. The number of carbonyl (C=O) groups is 1. The average Bonchev–Trinajstić information content (AvgIpc) is 2.83. The number of thiophene rings is 1. The Kier molecular flexibility index (Phi) is 4.38. The quantitative estimate of drug-likeness (QED) is 0.935. The van der Waals surface area contributed by atoms with Crippen molar-refractivity contribution in [3.63, 3.8) is 0 Å². The van der Waals surface area contributed by atoms with Crippen LogP contribution in [-0.4, -0.2) is 13.0 Å². The first kappa shape index (κ1) is 13.1. The third-order valence-electron chi connectivity index (χ3n) is 2.42. The molecule has 0 radical (unpaired) electrons. The molecule has 0 atom stereocenters. The molecule has 1 heterocycles. The lowest BCUT2D eigenvalue weighted by Crippen LogP contribution is -2.22. The summed E-state index contributed by atoms with van der Waals surface area (Å²) in [5.41, 5.74) is 0.962. The second-order valence-corrected chi connectivity index (χ2v) is 5.45. The van der Waals surface area contributed by atoms with Crippen molar-refractivity contribution < 1.29 is 9.53 Å². The van der Waals surface area contributed by atoms with Gasteiger partial charge in [-0.15, -0.1) is 11.3 Å². The third kappa shape index (κ3) is 3.11. The summed E-state index contributed by atoms with van der Waals surface area (Å²) in [4.78, 5) is 12.6. The van der Waals surface area contributed by atoms with Gasteiger partial charge in [-0.2, -0.15) is 0 Å². The molecule has 0 bridgehead atoms. The largest absolute Gasteiger partial charge is 0.496 e. The number of ether oxygens (including phenoxy) is 1. The molecule has 2 aromatic rings. The van der Waals surface area contributed by atoms with Crippen LogP contribution in [0.1, 0.15) is 15.2 Å². The molecule has 1 aromatic heterocycles. The summed E-state index contributed by atoms with van der Waals surface area (Å²) in [5.74, 6) is 0.710. The summed E-state index contributed by atoms with van der Waals surface area (Å²) in [6, 6.07) is 9.45. The van der Waals surface area contributed by atoms with Crippen LogP contribution in [0.25, 0.3) is 0 Å². The predicted octanol–water partition coefficient (Wildman–Crippen LogP) is 3.45. The number of halogens is 1. The van der Waals surface area contributed by atoms with E-state index in [1.54, 1.807) is 7.11 Å². The molecule has 0 aliphatic heterocycles. The lowest BCUT2D eigenvalue weighted by atomic mass is 10.2. The SMILES string of the molecule is COc1ccccc1CNC(=O)c1cc(Br)cs1. The fourth-order valence-corrected chi connectivity index (χ4v) is 2.89. The van der Waals surface area contributed by atoms with Crippen LogP contribution in [-0.2, 0) is 6.54 Å². The number of para-hydroxylation sites is 1. The second kappa shape index (κ2) is 6.02. The lowest BCUT2D eigenvalue weighted by molar-refractivity contribution is 0.0954. The van der Waals surface area contributed by atoms with Crippen molar-refractivity contribution in [1.82, 2.24) is 5.32 Å². The highest BCUT2D eigenvalue weighted by Gasteiger charge is 2.09. The molecule has 2 rings (SSSR count). The summed E-state index contributed by atoms with van der Waals surface area (Å²) >= 11 is 4.74. The van der Waals surface area contributed by atoms with E-state index < -0.39 is 0 Å². The predicted molar refractivity (Wildman–Crippen MR) is 76.2 cm³/mol. The number of hydrogen-bond acceptors (Lipinski definition) is 3. The fraction of sp³-hybridized carbons (Fsp3) is 0.154. The maximum Gasteiger partial charge on any atom is 0.261 e. The van der Waals surface area contributed by atoms with E-state index in [2.05, 4.69) is 21.2 Å². The van der Waals surface area contributed by atoms with Crippen LogP contribution in [0.4, 0.5) is 0 Å². The van der Waals surface area contributed by atoms with Gasteiger partial charge >= 0.3 is 0 Å². The van der Waals surface area contributed by atoms with E-state index in [4.69, 9.17) is 4.74 Å².